The number of aromatic nitrogens is 1. The van der Waals surface area contributed by atoms with Gasteiger partial charge < -0.3 is 10.4 Å². The van der Waals surface area contributed by atoms with E-state index in [1.54, 1.807) is 13.0 Å². The number of pyridine rings is 1. The number of hydrogen-bond donors (Lipinski definition) is 2. The van der Waals surface area contributed by atoms with Crippen LogP contribution in [-0.2, 0) is 0 Å². The van der Waals surface area contributed by atoms with Crippen molar-refractivity contribution in [1.82, 2.24) is 4.98 Å². The molecule has 1 heterocycles. The van der Waals surface area contributed by atoms with E-state index in [0.29, 0.717) is 17.1 Å². The molecule has 0 saturated carbocycles. The number of carboxylic acid groups (broad SMARTS) is 1. The lowest BCUT2D eigenvalue weighted by Gasteiger charge is -2.08. The molecule has 2 aromatic rings. The Morgan fingerprint density at radius 2 is 2.14 bits per heavy atom. The van der Waals surface area contributed by atoms with Crippen molar-refractivity contribution in [3.8, 4) is 0 Å². The second kappa shape index (κ2) is 5.76. The number of hydrogen-bond acceptors (Lipinski definition) is 5. The molecule has 0 spiro atoms. The zero-order valence-corrected chi connectivity index (χ0v) is 11.6. The number of aryl methyl sites for hydroxylation is 1. The topological polar surface area (TPSA) is 105 Å². The summed E-state index contributed by atoms with van der Waals surface area (Å²) in [5, 5.41) is 22.7. The number of carboxylic acids is 1. The van der Waals surface area contributed by atoms with Crippen LogP contribution in [0.5, 0.6) is 0 Å². The Hall–Kier alpha value is -2.67. The molecule has 0 amide bonds. The minimum atomic E-state index is -1.14. The predicted molar refractivity (Wildman–Crippen MR) is 77.3 cm³/mol. The van der Waals surface area contributed by atoms with E-state index >= 15 is 0 Å². The molecule has 0 atom stereocenters. The lowest BCUT2D eigenvalue weighted by Crippen LogP contribution is -2.01. The maximum Gasteiger partial charge on any atom is 0.337 e. The smallest absolute Gasteiger partial charge is 0.337 e. The van der Waals surface area contributed by atoms with Gasteiger partial charge in [0.05, 0.1) is 15.5 Å². The Morgan fingerprint density at radius 3 is 2.71 bits per heavy atom. The van der Waals surface area contributed by atoms with Crippen LogP contribution in [0.15, 0.2) is 30.5 Å². The minimum Gasteiger partial charge on any atom is -0.478 e. The van der Waals surface area contributed by atoms with Crippen molar-refractivity contribution in [3.63, 3.8) is 0 Å². The molecule has 0 bridgehead atoms. The molecular formula is C13H10ClN3O4. The van der Waals surface area contributed by atoms with Gasteiger partial charge in [-0.05, 0) is 31.2 Å². The highest BCUT2D eigenvalue weighted by atomic mass is 35.5. The highest BCUT2D eigenvalue weighted by molar-refractivity contribution is 6.33. The Bertz CT molecular complexity index is 733. The summed E-state index contributed by atoms with van der Waals surface area (Å²) in [6.07, 6.45) is 1.14. The van der Waals surface area contributed by atoms with Crippen LogP contribution in [0, 0.1) is 17.0 Å². The van der Waals surface area contributed by atoms with Crippen molar-refractivity contribution in [3.05, 3.63) is 56.7 Å². The van der Waals surface area contributed by atoms with Gasteiger partial charge in [-0.25, -0.2) is 9.78 Å². The van der Waals surface area contributed by atoms with Crippen LogP contribution in [0.1, 0.15) is 15.9 Å². The molecule has 0 fully saturated rings. The first-order valence-electron chi connectivity index (χ1n) is 5.79. The maximum atomic E-state index is 11.0. The largest absolute Gasteiger partial charge is 0.478 e. The fourth-order valence-electron chi connectivity index (χ4n) is 1.72. The van der Waals surface area contributed by atoms with E-state index in [2.05, 4.69) is 10.3 Å². The molecule has 0 radical (unpaired) electrons. The van der Waals surface area contributed by atoms with Crippen molar-refractivity contribution in [2.75, 3.05) is 5.32 Å². The normalized spacial score (nSPS) is 10.2. The number of nitrogens with zero attached hydrogens (tertiary/aromatic N) is 2. The molecule has 0 aliphatic carbocycles. The Morgan fingerprint density at radius 1 is 1.43 bits per heavy atom. The summed E-state index contributed by atoms with van der Waals surface area (Å²) in [4.78, 5) is 25.1. The van der Waals surface area contributed by atoms with Crippen molar-refractivity contribution in [1.29, 1.82) is 0 Å². The highest BCUT2D eigenvalue weighted by Crippen LogP contribution is 2.25. The number of nitro groups is 1. The number of anilines is 2. The lowest BCUT2D eigenvalue weighted by atomic mass is 10.2. The fourth-order valence-corrected chi connectivity index (χ4v) is 1.92. The van der Waals surface area contributed by atoms with E-state index in [4.69, 9.17) is 16.7 Å². The van der Waals surface area contributed by atoms with Gasteiger partial charge in [-0.1, -0.05) is 11.6 Å². The van der Waals surface area contributed by atoms with E-state index in [-0.39, 0.29) is 16.3 Å². The van der Waals surface area contributed by atoms with E-state index in [9.17, 15) is 14.9 Å². The van der Waals surface area contributed by atoms with E-state index in [1.807, 2.05) is 0 Å². The zero-order valence-electron chi connectivity index (χ0n) is 10.8. The maximum absolute atomic E-state index is 11.0. The molecule has 7 nitrogen and oxygen atoms in total. The SMILES string of the molecule is Cc1cc(Nc2ccc(Cl)c(C(=O)O)c2)ncc1[N+](=O)[O-]. The van der Waals surface area contributed by atoms with Gasteiger partial charge in [0, 0.05) is 11.3 Å². The van der Waals surface area contributed by atoms with Gasteiger partial charge in [0.1, 0.15) is 12.0 Å². The fraction of sp³-hybridized carbons (Fsp3) is 0.0769. The molecule has 8 heteroatoms. The molecule has 1 aromatic carbocycles. The van der Waals surface area contributed by atoms with Crippen LogP contribution in [0.2, 0.25) is 5.02 Å². The van der Waals surface area contributed by atoms with Crippen molar-refractivity contribution in [2.24, 2.45) is 0 Å². The first-order chi connectivity index (χ1) is 9.88. The van der Waals surface area contributed by atoms with Crippen LogP contribution in [-0.4, -0.2) is 21.0 Å². The summed E-state index contributed by atoms with van der Waals surface area (Å²) in [5.41, 5.74) is 0.797. The average Bonchev–Trinajstić information content (AvgIpc) is 2.40. The quantitative estimate of drug-likeness (QED) is 0.662. The van der Waals surface area contributed by atoms with Gasteiger partial charge in [-0.3, -0.25) is 10.1 Å². The van der Waals surface area contributed by atoms with Gasteiger partial charge >= 0.3 is 5.97 Å². The van der Waals surface area contributed by atoms with Crippen LogP contribution in [0.4, 0.5) is 17.2 Å². The van der Waals surface area contributed by atoms with Gasteiger partial charge in [-0.2, -0.15) is 0 Å². The summed E-state index contributed by atoms with van der Waals surface area (Å²) in [7, 11) is 0. The first-order valence-corrected chi connectivity index (χ1v) is 6.17. The van der Waals surface area contributed by atoms with Crippen LogP contribution >= 0.6 is 11.6 Å². The molecule has 0 aliphatic rings. The summed E-state index contributed by atoms with van der Waals surface area (Å²) in [6.45, 7) is 1.59. The summed E-state index contributed by atoms with van der Waals surface area (Å²) in [6, 6.07) is 5.91. The third-order valence-electron chi connectivity index (χ3n) is 2.75. The Kier molecular flexibility index (Phi) is 4.04. The summed E-state index contributed by atoms with van der Waals surface area (Å²) < 4.78 is 0. The van der Waals surface area contributed by atoms with Crippen LogP contribution < -0.4 is 5.32 Å². The van der Waals surface area contributed by atoms with Gasteiger partial charge in [0.2, 0.25) is 0 Å². The minimum absolute atomic E-state index is 0.0414. The summed E-state index contributed by atoms with van der Waals surface area (Å²) >= 11 is 5.78. The zero-order chi connectivity index (χ0) is 15.6. The third kappa shape index (κ3) is 3.26. The van der Waals surface area contributed by atoms with Crippen LogP contribution in [0.25, 0.3) is 0 Å². The Labute approximate surface area is 124 Å². The number of aromatic carboxylic acids is 1. The Balaban J connectivity index is 2.30. The molecule has 0 unspecified atom stereocenters. The molecule has 0 saturated heterocycles. The number of nitrogens with one attached hydrogen (secondary N) is 1. The summed E-state index contributed by atoms with van der Waals surface area (Å²) in [5.74, 6) is -0.770. The van der Waals surface area contributed by atoms with Gasteiger partial charge in [-0.15, -0.1) is 0 Å². The number of carbonyl (C=O) groups is 1. The number of benzene rings is 1. The molecule has 2 rings (SSSR count). The van der Waals surface area contributed by atoms with E-state index in [0.717, 1.165) is 6.20 Å². The lowest BCUT2D eigenvalue weighted by molar-refractivity contribution is -0.385. The second-order valence-electron chi connectivity index (χ2n) is 4.24. The first kappa shape index (κ1) is 14.7. The monoisotopic (exact) mass is 307 g/mol. The van der Waals surface area contributed by atoms with Crippen molar-refractivity contribution >= 4 is 34.8 Å². The standard InChI is InChI=1S/C13H10ClN3O4/c1-7-4-12(15-6-11(7)17(20)21)16-8-2-3-10(14)9(5-8)13(18)19/h2-6H,1H3,(H,15,16)(H,18,19). The van der Waals surface area contributed by atoms with Gasteiger partial charge in [0.15, 0.2) is 0 Å². The highest BCUT2D eigenvalue weighted by Gasteiger charge is 2.13. The van der Waals surface area contributed by atoms with Crippen molar-refractivity contribution < 1.29 is 14.8 Å². The van der Waals surface area contributed by atoms with Crippen LogP contribution in [0.3, 0.4) is 0 Å². The molecular weight excluding hydrogens is 298 g/mol. The van der Waals surface area contributed by atoms with Gasteiger partial charge in [0.25, 0.3) is 5.69 Å². The second-order valence-corrected chi connectivity index (χ2v) is 4.65. The predicted octanol–water partition coefficient (Wildman–Crippen LogP) is 3.39. The average molecular weight is 308 g/mol. The third-order valence-corrected chi connectivity index (χ3v) is 3.08. The number of halogens is 1. The molecule has 1 aromatic heterocycles. The molecule has 2 N–H and O–H groups in total. The molecule has 21 heavy (non-hydrogen) atoms. The molecule has 0 aliphatic heterocycles. The number of rotatable bonds is 4. The molecule has 108 valence electrons. The van der Waals surface area contributed by atoms with E-state index < -0.39 is 10.9 Å². The van der Waals surface area contributed by atoms with Crippen molar-refractivity contribution in [2.45, 2.75) is 6.92 Å². The van der Waals surface area contributed by atoms with E-state index in [1.165, 1.54) is 18.2 Å².